The van der Waals surface area contributed by atoms with E-state index in [0.717, 1.165) is 11.3 Å². The molecule has 1 heterocycles. The van der Waals surface area contributed by atoms with E-state index in [1.54, 1.807) is 14.0 Å². The molecule has 0 fully saturated rings. The monoisotopic (exact) mass is 350 g/mol. The first kappa shape index (κ1) is 18.3. The molecule has 0 aliphatic heterocycles. The minimum atomic E-state index is -0.386. The van der Waals surface area contributed by atoms with Crippen molar-refractivity contribution in [3.05, 3.63) is 40.3 Å². The highest BCUT2D eigenvalue weighted by atomic mass is 32.2. The molecule has 2 rings (SSSR count). The van der Waals surface area contributed by atoms with E-state index >= 15 is 0 Å². The first-order chi connectivity index (χ1) is 11.5. The summed E-state index contributed by atoms with van der Waals surface area (Å²) in [5.41, 5.74) is 1.60. The summed E-state index contributed by atoms with van der Waals surface area (Å²) < 4.78 is 6.52. The number of nitrogens with zero attached hydrogens (tertiary/aromatic N) is 2. The van der Waals surface area contributed by atoms with Crippen molar-refractivity contribution in [2.45, 2.75) is 37.2 Å². The lowest BCUT2D eigenvalue weighted by molar-refractivity contribution is -0.115. The molecule has 1 atom stereocenters. The normalized spacial score (nSPS) is 12.1. The third-order valence-corrected chi connectivity index (χ3v) is 4.51. The Morgan fingerprint density at radius 1 is 1.42 bits per heavy atom. The molecule has 7 nitrogen and oxygen atoms in total. The minimum Gasteiger partial charge on any atom is -0.385 e. The van der Waals surface area contributed by atoms with Crippen molar-refractivity contribution in [3.8, 4) is 0 Å². The number of carbonyl (C=O) groups is 1. The molecule has 0 aliphatic rings. The van der Waals surface area contributed by atoms with Crippen molar-refractivity contribution in [2.24, 2.45) is 0 Å². The number of rotatable bonds is 8. The average molecular weight is 350 g/mol. The molecule has 0 unspecified atom stereocenters. The largest absolute Gasteiger partial charge is 0.385 e. The topological polar surface area (TPSA) is 89.0 Å². The van der Waals surface area contributed by atoms with Crippen molar-refractivity contribution in [2.75, 3.05) is 19.0 Å². The van der Waals surface area contributed by atoms with Gasteiger partial charge in [0.1, 0.15) is 0 Å². The van der Waals surface area contributed by atoms with Crippen LogP contribution in [0.3, 0.4) is 0 Å². The van der Waals surface area contributed by atoms with Gasteiger partial charge < -0.3 is 10.1 Å². The molecule has 130 valence electrons. The molecule has 1 amide bonds. The number of methoxy groups -OCH3 is 1. The van der Waals surface area contributed by atoms with E-state index in [4.69, 9.17) is 4.74 Å². The predicted molar refractivity (Wildman–Crippen MR) is 94.5 cm³/mol. The van der Waals surface area contributed by atoms with Crippen LogP contribution in [0.1, 0.15) is 18.9 Å². The second-order valence-electron chi connectivity index (χ2n) is 5.42. The van der Waals surface area contributed by atoms with Crippen LogP contribution in [-0.4, -0.2) is 39.6 Å². The van der Waals surface area contributed by atoms with E-state index < -0.39 is 0 Å². The Morgan fingerprint density at radius 2 is 2.12 bits per heavy atom. The maximum atomic E-state index is 12.3. The fraction of sp³-hybridized carbons (Fsp3) is 0.438. The van der Waals surface area contributed by atoms with E-state index in [2.05, 4.69) is 15.5 Å². The number of H-pyrrole nitrogens is 1. The zero-order chi connectivity index (χ0) is 17.5. The van der Waals surface area contributed by atoms with E-state index in [-0.39, 0.29) is 16.8 Å². The van der Waals surface area contributed by atoms with E-state index in [0.29, 0.717) is 24.7 Å². The summed E-state index contributed by atoms with van der Waals surface area (Å²) in [6.07, 6.45) is 0.702. The van der Waals surface area contributed by atoms with Crippen LogP contribution >= 0.6 is 11.8 Å². The number of hydrogen-bond donors (Lipinski definition) is 2. The predicted octanol–water partition coefficient (Wildman–Crippen LogP) is 2.04. The molecule has 0 spiro atoms. The number of benzene rings is 1. The molecular formula is C16H22N4O3S. The van der Waals surface area contributed by atoms with Crippen LogP contribution in [0.15, 0.2) is 34.2 Å². The first-order valence-corrected chi connectivity index (χ1v) is 8.57. The average Bonchev–Trinajstić information content (AvgIpc) is 2.90. The molecule has 1 aromatic heterocycles. The lowest BCUT2D eigenvalue weighted by Crippen LogP contribution is -2.24. The second kappa shape index (κ2) is 8.70. The smallest absolute Gasteiger partial charge is 0.343 e. The van der Waals surface area contributed by atoms with Crippen LogP contribution in [0.2, 0.25) is 0 Å². The standard InChI is InChI=1S/C16H22N4O3S/c1-11-5-7-13(8-6-11)17-14(21)12(2)24-16-19-18-15(22)20(16)9-4-10-23-3/h5-8,12H,4,9-10H2,1-3H3,(H,17,21)(H,18,22)/t12-/m0/s1. The van der Waals surface area contributed by atoms with E-state index in [1.807, 2.05) is 31.2 Å². The number of carbonyl (C=O) groups excluding carboxylic acids is 1. The number of ether oxygens (including phenoxy) is 1. The number of aryl methyl sites for hydroxylation is 1. The molecule has 0 saturated carbocycles. The molecule has 8 heteroatoms. The van der Waals surface area contributed by atoms with E-state index in [1.165, 1.54) is 16.3 Å². The highest BCUT2D eigenvalue weighted by Gasteiger charge is 2.19. The molecular weight excluding hydrogens is 328 g/mol. The zero-order valence-corrected chi connectivity index (χ0v) is 14.9. The molecule has 2 N–H and O–H groups in total. The summed E-state index contributed by atoms with van der Waals surface area (Å²) in [5.74, 6) is -0.136. The number of thioether (sulfide) groups is 1. The number of amides is 1. The lowest BCUT2D eigenvalue weighted by atomic mass is 10.2. The Bertz CT molecular complexity index is 724. The van der Waals surface area contributed by atoms with Crippen molar-refractivity contribution in [1.29, 1.82) is 0 Å². The molecule has 0 aliphatic carbocycles. The Morgan fingerprint density at radius 3 is 2.79 bits per heavy atom. The van der Waals surface area contributed by atoms with Gasteiger partial charge in [-0.05, 0) is 32.4 Å². The maximum Gasteiger partial charge on any atom is 0.343 e. The number of hydrogen-bond acceptors (Lipinski definition) is 5. The number of nitrogens with one attached hydrogen (secondary N) is 2. The summed E-state index contributed by atoms with van der Waals surface area (Å²) in [4.78, 5) is 24.1. The molecule has 2 aromatic rings. The van der Waals surface area contributed by atoms with E-state index in [9.17, 15) is 9.59 Å². The summed E-state index contributed by atoms with van der Waals surface area (Å²) in [7, 11) is 1.62. The minimum absolute atomic E-state index is 0.136. The quantitative estimate of drug-likeness (QED) is 0.562. The van der Waals surface area contributed by atoms with Gasteiger partial charge in [0.05, 0.1) is 5.25 Å². The van der Waals surface area contributed by atoms with Crippen molar-refractivity contribution < 1.29 is 9.53 Å². The molecule has 0 bridgehead atoms. The maximum absolute atomic E-state index is 12.3. The second-order valence-corrected chi connectivity index (χ2v) is 6.73. The van der Waals surface area contributed by atoms with Crippen LogP contribution in [0.4, 0.5) is 5.69 Å². The summed E-state index contributed by atoms with van der Waals surface area (Å²) >= 11 is 1.25. The van der Waals surface area contributed by atoms with Crippen LogP contribution in [0.25, 0.3) is 0 Å². The van der Waals surface area contributed by atoms with Gasteiger partial charge in [0, 0.05) is 25.9 Å². The summed E-state index contributed by atoms with van der Waals surface area (Å²) in [5, 5.41) is 9.41. The first-order valence-electron chi connectivity index (χ1n) is 7.69. The van der Waals surface area contributed by atoms with Gasteiger partial charge in [-0.2, -0.15) is 0 Å². The van der Waals surface area contributed by atoms with Crippen LogP contribution in [0, 0.1) is 6.92 Å². The third-order valence-electron chi connectivity index (χ3n) is 3.42. The SMILES string of the molecule is COCCCn1c(S[C@@H](C)C(=O)Nc2ccc(C)cc2)n[nH]c1=O. The number of aromatic amines is 1. The van der Waals surface area contributed by atoms with Crippen LogP contribution in [-0.2, 0) is 16.1 Å². The summed E-state index contributed by atoms with van der Waals surface area (Å²) in [6.45, 7) is 4.83. The highest BCUT2D eigenvalue weighted by molar-refractivity contribution is 8.00. The van der Waals surface area contributed by atoms with Crippen LogP contribution < -0.4 is 11.0 Å². The van der Waals surface area contributed by atoms with Gasteiger partial charge in [-0.3, -0.25) is 9.36 Å². The van der Waals surface area contributed by atoms with Crippen molar-refractivity contribution in [1.82, 2.24) is 14.8 Å². The van der Waals surface area contributed by atoms with Gasteiger partial charge in [0.25, 0.3) is 0 Å². The number of aromatic nitrogens is 3. The van der Waals surface area contributed by atoms with Gasteiger partial charge in [0.2, 0.25) is 5.91 Å². The molecule has 1 aromatic carbocycles. The third kappa shape index (κ3) is 4.97. The fourth-order valence-electron chi connectivity index (χ4n) is 2.05. The van der Waals surface area contributed by atoms with Gasteiger partial charge >= 0.3 is 5.69 Å². The zero-order valence-electron chi connectivity index (χ0n) is 14.0. The van der Waals surface area contributed by atoms with Crippen LogP contribution in [0.5, 0.6) is 0 Å². The van der Waals surface area contributed by atoms with Gasteiger partial charge in [0.15, 0.2) is 5.16 Å². The van der Waals surface area contributed by atoms with Gasteiger partial charge in [-0.15, -0.1) is 5.10 Å². The Hall–Kier alpha value is -2.06. The molecule has 0 saturated heterocycles. The number of anilines is 1. The van der Waals surface area contributed by atoms with Gasteiger partial charge in [-0.25, -0.2) is 9.89 Å². The highest BCUT2D eigenvalue weighted by Crippen LogP contribution is 2.21. The molecule has 24 heavy (non-hydrogen) atoms. The fourth-order valence-corrected chi connectivity index (χ4v) is 2.93. The Balaban J connectivity index is 1.98. The Kier molecular flexibility index (Phi) is 6.62. The Labute approximate surface area is 144 Å². The summed E-state index contributed by atoms with van der Waals surface area (Å²) in [6, 6.07) is 7.60. The van der Waals surface area contributed by atoms with Crippen molar-refractivity contribution in [3.63, 3.8) is 0 Å². The lowest BCUT2D eigenvalue weighted by Gasteiger charge is -2.12. The van der Waals surface area contributed by atoms with Crippen molar-refractivity contribution >= 4 is 23.4 Å². The molecule has 0 radical (unpaired) electrons. The van der Waals surface area contributed by atoms with Gasteiger partial charge in [-0.1, -0.05) is 29.5 Å².